The van der Waals surface area contributed by atoms with E-state index >= 15 is 0 Å². The van der Waals surface area contributed by atoms with Gasteiger partial charge in [-0.2, -0.15) is 0 Å². The van der Waals surface area contributed by atoms with Crippen molar-refractivity contribution in [1.29, 1.82) is 0 Å². The molecular formula is C16H18F2N2O3. The quantitative estimate of drug-likeness (QED) is 0.855. The monoisotopic (exact) mass is 324 g/mol. The lowest BCUT2D eigenvalue weighted by Crippen LogP contribution is -2.66. The molecule has 2 aliphatic heterocycles. The number of hydrogen-bond donors (Lipinski definition) is 2. The molecule has 0 radical (unpaired) electrons. The fraction of sp³-hybridized carbons (Fsp3) is 0.438. The van der Waals surface area contributed by atoms with Crippen LogP contribution in [0.1, 0.15) is 12.0 Å². The van der Waals surface area contributed by atoms with Crippen LogP contribution in [0.5, 0.6) is 0 Å². The number of nitrogens with zero attached hydrogens (tertiary/aromatic N) is 1. The molecule has 0 bridgehead atoms. The van der Waals surface area contributed by atoms with Crippen LogP contribution in [-0.2, 0) is 15.1 Å². The third-order valence-electron chi connectivity index (χ3n) is 4.66. The predicted molar refractivity (Wildman–Crippen MR) is 78.0 cm³/mol. The summed E-state index contributed by atoms with van der Waals surface area (Å²) < 4.78 is 33.2. The first kappa shape index (κ1) is 15.9. The van der Waals surface area contributed by atoms with E-state index in [0.29, 0.717) is 5.82 Å². The fourth-order valence-corrected chi connectivity index (χ4v) is 3.34. The summed E-state index contributed by atoms with van der Waals surface area (Å²) in [5, 5.41) is 12.4. The van der Waals surface area contributed by atoms with Crippen LogP contribution in [0.25, 0.3) is 0 Å². The molecule has 3 atom stereocenters. The number of carbonyl (C=O) groups is 1. The van der Waals surface area contributed by atoms with E-state index in [0.717, 1.165) is 12.1 Å². The molecule has 5 nitrogen and oxygen atoms in total. The number of halogens is 2. The van der Waals surface area contributed by atoms with Crippen molar-refractivity contribution in [3.8, 4) is 0 Å². The molecule has 124 valence electrons. The zero-order valence-corrected chi connectivity index (χ0v) is 12.7. The number of nitrogens with one attached hydrogen (secondary N) is 1. The lowest BCUT2D eigenvalue weighted by Gasteiger charge is -2.52. The maximum Gasteiger partial charge on any atom is 0.233 e. The number of aliphatic hydroxyl groups excluding tert-OH is 1. The second kappa shape index (κ2) is 5.58. The molecule has 0 aromatic heterocycles. The van der Waals surface area contributed by atoms with Crippen LogP contribution in [0.4, 0.5) is 8.78 Å². The smallest absolute Gasteiger partial charge is 0.233 e. The SMILES string of the molecule is C=C1N[C@@]2(c3ccc(F)cc3F)CO[C@H](CO)C[C@H]2C(=O)N1C. The summed E-state index contributed by atoms with van der Waals surface area (Å²) in [6.45, 7) is 3.54. The van der Waals surface area contributed by atoms with Crippen LogP contribution in [0, 0.1) is 17.6 Å². The average molecular weight is 324 g/mol. The summed E-state index contributed by atoms with van der Waals surface area (Å²) in [5.41, 5.74) is -1.01. The van der Waals surface area contributed by atoms with Gasteiger partial charge in [0.25, 0.3) is 0 Å². The molecule has 2 N–H and O–H groups in total. The lowest BCUT2D eigenvalue weighted by atomic mass is 9.71. The summed E-state index contributed by atoms with van der Waals surface area (Å²) in [6, 6.07) is 3.25. The van der Waals surface area contributed by atoms with Gasteiger partial charge in [-0.05, 0) is 12.5 Å². The van der Waals surface area contributed by atoms with Crippen molar-refractivity contribution in [1.82, 2.24) is 10.2 Å². The summed E-state index contributed by atoms with van der Waals surface area (Å²) >= 11 is 0. The molecule has 0 saturated carbocycles. The maximum atomic E-state index is 14.4. The molecule has 7 heteroatoms. The summed E-state index contributed by atoms with van der Waals surface area (Å²) in [6.07, 6.45) is -0.265. The molecule has 2 fully saturated rings. The van der Waals surface area contributed by atoms with Gasteiger partial charge in [-0.1, -0.05) is 12.6 Å². The Balaban J connectivity index is 2.11. The molecule has 2 heterocycles. The van der Waals surface area contributed by atoms with Crippen molar-refractivity contribution in [3.63, 3.8) is 0 Å². The topological polar surface area (TPSA) is 61.8 Å². The van der Waals surface area contributed by atoms with Gasteiger partial charge >= 0.3 is 0 Å². The van der Waals surface area contributed by atoms with E-state index < -0.39 is 29.2 Å². The third-order valence-corrected chi connectivity index (χ3v) is 4.66. The Kier molecular flexibility index (Phi) is 3.85. The van der Waals surface area contributed by atoms with Gasteiger partial charge in [0.2, 0.25) is 5.91 Å². The van der Waals surface area contributed by atoms with E-state index in [1.54, 1.807) is 7.05 Å². The highest BCUT2D eigenvalue weighted by atomic mass is 19.1. The maximum absolute atomic E-state index is 14.4. The van der Waals surface area contributed by atoms with Crippen molar-refractivity contribution in [3.05, 3.63) is 47.8 Å². The van der Waals surface area contributed by atoms with Crippen molar-refractivity contribution in [2.24, 2.45) is 5.92 Å². The number of benzene rings is 1. The normalized spacial score (nSPS) is 30.9. The first-order valence-electron chi connectivity index (χ1n) is 7.31. The summed E-state index contributed by atoms with van der Waals surface area (Å²) in [7, 11) is 1.58. The van der Waals surface area contributed by atoms with Crippen LogP contribution in [0.2, 0.25) is 0 Å². The molecule has 0 aliphatic carbocycles. The van der Waals surface area contributed by atoms with E-state index in [1.165, 1.54) is 11.0 Å². The largest absolute Gasteiger partial charge is 0.394 e. The van der Waals surface area contributed by atoms with Gasteiger partial charge < -0.3 is 20.1 Å². The summed E-state index contributed by atoms with van der Waals surface area (Å²) in [4.78, 5) is 14.0. The molecular weight excluding hydrogens is 306 g/mol. The molecule has 3 rings (SSSR count). The van der Waals surface area contributed by atoms with Crippen LogP contribution in [0.15, 0.2) is 30.6 Å². The first-order chi connectivity index (χ1) is 10.9. The van der Waals surface area contributed by atoms with Crippen LogP contribution in [-0.4, -0.2) is 42.3 Å². The highest BCUT2D eigenvalue weighted by Gasteiger charge is 2.54. The van der Waals surface area contributed by atoms with Gasteiger partial charge in [0, 0.05) is 18.7 Å². The number of aliphatic hydroxyl groups is 1. The summed E-state index contributed by atoms with van der Waals surface area (Å²) in [5.74, 6) is -2.01. The van der Waals surface area contributed by atoms with E-state index in [1.807, 2.05) is 0 Å². The fourth-order valence-electron chi connectivity index (χ4n) is 3.34. The Labute approximate surface area is 132 Å². The zero-order chi connectivity index (χ0) is 16.8. The zero-order valence-electron chi connectivity index (χ0n) is 12.7. The van der Waals surface area contributed by atoms with E-state index in [4.69, 9.17) is 4.74 Å². The third kappa shape index (κ3) is 2.40. The molecule has 2 saturated heterocycles. The number of rotatable bonds is 2. The molecule has 0 unspecified atom stereocenters. The highest BCUT2D eigenvalue weighted by Crippen LogP contribution is 2.43. The number of fused-ring (bicyclic) bond motifs is 1. The van der Waals surface area contributed by atoms with Gasteiger partial charge in [-0.15, -0.1) is 0 Å². The Morgan fingerprint density at radius 1 is 1.52 bits per heavy atom. The Bertz CT molecular complexity index is 667. The Hall–Kier alpha value is -1.99. The van der Waals surface area contributed by atoms with Gasteiger partial charge in [-0.3, -0.25) is 4.79 Å². The van der Waals surface area contributed by atoms with Crippen LogP contribution < -0.4 is 5.32 Å². The van der Waals surface area contributed by atoms with Crippen LogP contribution >= 0.6 is 0 Å². The first-order valence-corrected chi connectivity index (χ1v) is 7.31. The standard InChI is InChI=1S/C16H18F2N2O3/c1-9-19-16(12-4-3-10(17)5-14(12)18)8-23-11(7-21)6-13(16)15(22)20(9)2/h3-5,11,13,19,21H,1,6-8H2,2H3/t11-,13-,16+/m0/s1. The number of carbonyl (C=O) groups excluding carboxylic acids is 1. The minimum Gasteiger partial charge on any atom is -0.394 e. The molecule has 1 amide bonds. The van der Waals surface area contributed by atoms with E-state index in [-0.39, 0.29) is 31.1 Å². The van der Waals surface area contributed by atoms with Crippen molar-refractivity contribution in [2.75, 3.05) is 20.3 Å². The second-order valence-electron chi connectivity index (χ2n) is 5.97. The number of hydrogen-bond acceptors (Lipinski definition) is 4. The van der Waals surface area contributed by atoms with Crippen LogP contribution in [0.3, 0.4) is 0 Å². The number of ether oxygens (including phenoxy) is 1. The predicted octanol–water partition coefficient (Wildman–Crippen LogP) is 1.09. The van der Waals surface area contributed by atoms with Gasteiger partial charge in [-0.25, -0.2) is 8.78 Å². The Morgan fingerprint density at radius 3 is 2.91 bits per heavy atom. The Morgan fingerprint density at radius 2 is 2.26 bits per heavy atom. The number of amides is 1. The van der Waals surface area contributed by atoms with Gasteiger partial charge in [0.1, 0.15) is 23.0 Å². The highest BCUT2D eigenvalue weighted by molar-refractivity contribution is 5.83. The molecule has 2 aliphatic rings. The van der Waals surface area contributed by atoms with E-state index in [9.17, 15) is 18.7 Å². The molecule has 1 aromatic carbocycles. The van der Waals surface area contributed by atoms with Gasteiger partial charge in [0.05, 0.1) is 25.2 Å². The van der Waals surface area contributed by atoms with Crippen molar-refractivity contribution in [2.45, 2.75) is 18.1 Å². The lowest BCUT2D eigenvalue weighted by molar-refractivity contribution is -0.156. The van der Waals surface area contributed by atoms with Crippen molar-refractivity contribution >= 4 is 5.91 Å². The molecule has 1 aromatic rings. The van der Waals surface area contributed by atoms with Gasteiger partial charge in [0.15, 0.2) is 0 Å². The molecule has 0 spiro atoms. The minimum atomic E-state index is -1.16. The second-order valence-corrected chi connectivity index (χ2v) is 5.97. The molecule has 23 heavy (non-hydrogen) atoms. The minimum absolute atomic E-state index is 0.0238. The van der Waals surface area contributed by atoms with Crippen molar-refractivity contribution < 1.29 is 23.4 Å². The van der Waals surface area contributed by atoms with E-state index in [2.05, 4.69) is 11.9 Å². The average Bonchev–Trinajstić information content (AvgIpc) is 2.52.